The summed E-state index contributed by atoms with van der Waals surface area (Å²) in [6.07, 6.45) is 0.619. The number of carbonyl (C=O) groups excluding carboxylic acids is 2. The van der Waals surface area contributed by atoms with Crippen molar-refractivity contribution in [1.82, 2.24) is 10.2 Å². The Balaban J connectivity index is 2.14. The van der Waals surface area contributed by atoms with Gasteiger partial charge in [0.1, 0.15) is 11.8 Å². The molecule has 0 aliphatic carbocycles. The second-order valence-corrected chi connectivity index (χ2v) is 4.51. The van der Waals surface area contributed by atoms with Crippen LogP contribution in [-0.2, 0) is 16.1 Å². The summed E-state index contributed by atoms with van der Waals surface area (Å²) in [6, 6.07) is 7.15. The van der Waals surface area contributed by atoms with Crippen molar-refractivity contribution >= 4 is 11.8 Å². The highest BCUT2D eigenvalue weighted by molar-refractivity contribution is 5.94. The number of nitrogens with zero attached hydrogens (tertiary/aromatic N) is 1. The number of nitrogens with one attached hydrogen (secondary N) is 1. The van der Waals surface area contributed by atoms with Crippen LogP contribution in [0.2, 0.25) is 0 Å². The van der Waals surface area contributed by atoms with Gasteiger partial charge in [-0.3, -0.25) is 9.59 Å². The van der Waals surface area contributed by atoms with Crippen LogP contribution in [0, 0.1) is 0 Å². The van der Waals surface area contributed by atoms with E-state index < -0.39 is 0 Å². The molecule has 5 heteroatoms. The van der Waals surface area contributed by atoms with Crippen LogP contribution in [0.25, 0.3) is 0 Å². The number of hydrogen-bond acceptors (Lipinski definition) is 3. The van der Waals surface area contributed by atoms with Crippen LogP contribution < -0.4 is 10.1 Å². The Labute approximate surface area is 112 Å². The Kier molecular flexibility index (Phi) is 4.04. The lowest BCUT2D eigenvalue weighted by molar-refractivity contribution is -0.146. The number of carbonyl (C=O) groups is 2. The summed E-state index contributed by atoms with van der Waals surface area (Å²) < 4.78 is 5.09. The first kappa shape index (κ1) is 13.4. The van der Waals surface area contributed by atoms with Gasteiger partial charge >= 0.3 is 0 Å². The van der Waals surface area contributed by atoms with Crippen molar-refractivity contribution in [2.75, 3.05) is 13.7 Å². The second-order valence-electron chi connectivity index (χ2n) is 4.51. The van der Waals surface area contributed by atoms with Gasteiger partial charge < -0.3 is 15.0 Å². The van der Waals surface area contributed by atoms with Gasteiger partial charge in [-0.1, -0.05) is 19.1 Å². The quantitative estimate of drug-likeness (QED) is 0.878. The van der Waals surface area contributed by atoms with Crippen molar-refractivity contribution in [3.63, 3.8) is 0 Å². The Morgan fingerprint density at radius 2 is 2.00 bits per heavy atom. The lowest BCUT2D eigenvalue weighted by Crippen LogP contribution is -2.57. The van der Waals surface area contributed by atoms with E-state index in [2.05, 4.69) is 5.32 Å². The largest absolute Gasteiger partial charge is 0.497 e. The smallest absolute Gasteiger partial charge is 0.243 e. The monoisotopic (exact) mass is 262 g/mol. The van der Waals surface area contributed by atoms with E-state index in [9.17, 15) is 9.59 Å². The number of piperazine rings is 1. The molecule has 2 amide bonds. The predicted molar refractivity (Wildman–Crippen MR) is 70.6 cm³/mol. The fraction of sp³-hybridized carbons (Fsp3) is 0.429. The van der Waals surface area contributed by atoms with Gasteiger partial charge in [0.25, 0.3) is 0 Å². The molecule has 1 aliphatic heterocycles. The van der Waals surface area contributed by atoms with E-state index in [0.29, 0.717) is 13.0 Å². The van der Waals surface area contributed by atoms with E-state index in [0.717, 1.165) is 11.3 Å². The molecule has 1 N–H and O–H groups in total. The van der Waals surface area contributed by atoms with Crippen molar-refractivity contribution < 1.29 is 14.3 Å². The standard InChI is InChI=1S/C14H18N2O3/c1-3-12-14(18)15-8-13(17)16(12)9-10-4-6-11(19-2)7-5-10/h4-7,12H,3,8-9H2,1-2H3,(H,15,18). The lowest BCUT2D eigenvalue weighted by Gasteiger charge is -2.34. The maximum absolute atomic E-state index is 11.9. The van der Waals surface area contributed by atoms with E-state index in [1.165, 1.54) is 0 Å². The van der Waals surface area contributed by atoms with Crippen LogP contribution in [0.1, 0.15) is 18.9 Å². The molecular weight excluding hydrogens is 244 g/mol. The summed E-state index contributed by atoms with van der Waals surface area (Å²) in [5.41, 5.74) is 0.988. The molecule has 0 aromatic heterocycles. The van der Waals surface area contributed by atoms with Gasteiger partial charge in [0.05, 0.1) is 13.7 Å². The lowest BCUT2D eigenvalue weighted by atomic mass is 10.1. The maximum Gasteiger partial charge on any atom is 0.243 e. The summed E-state index contributed by atoms with van der Waals surface area (Å²) in [5.74, 6) is 0.663. The van der Waals surface area contributed by atoms with Crippen molar-refractivity contribution in [2.45, 2.75) is 25.9 Å². The molecule has 1 saturated heterocycles. The summed E-state index contributed by atoms with van der Waals surface area (Å²) in [4.78, 5) is 25.3. The minimum atomic E-state index is -0.372. The number of ether oxygens (including phenoxy) is 1. The molecule has 2 rings (SSSR count). The summed E-state index contributed by atoms with van der Waals surface area (Å²) in [6.45, 7) is 2.45. The first-order chi connectivity index (χ1) is 9.15. The highest BCUT2D eigenvalue weighted by Crippen LogP contribution is 2.17. The van der Waals surface area contributed by atoms with Gasteiger partial charge in [0.15, 0.2) is 0 Å². The third-order valence-corrected chi connectivity index (χ3v) is 3.31. The molecule has 0 saturated carbocycles. The third kappa shape index (κ3) is 2.86. The van der Waals surface area contributed by atoms with E-state index in [1.54, 1.807) is 12.0 Å². The third-order valence-electron chi connectivity index (χ3n) is 3.31. The van der Waals surface area contributed by atoms with Gasteiger partial charge in [0.2, 0.25) is 11.8 Å². The molecule has 1 atom stereocenters. The zero-order valence-electron chi connectivity index (χ0n) is 11.2. The van der Waals surface area contributed by atoms with Crippen molar-refractivity contribution in [2.24, 2.45) is 0 Å². The normalized spacial score (nSPS) is 19.3. The van der Waals surface area contributed by atoms with Gasteiger partial charge in [-0.05, 0) is 24.1 Å². The molecular formula is C14H18N2O3. The van der Waals surface area contributed by atoms with Crippen molar-refractivity contribution in [3.05, 3.63) is 29.8 Å². The number of benzene rings is 1. The zero-order chi connectivity index (χ0) is 13.8. The molecule has 1 aromatic rings. The Morgan fingerprint density at radius 1 is 1.32 bits per heavy atom. The molecule has 0 spiro atoms. The molecule has 5 nitrogen and oxygen atoms in total. The maximum atomic E-state index is 11.9. The van der Waals surface area contributed by atoms with Gasteiger partial charge in [-0.15, -0.1) is 0 Å². The fourth-order valence-corrected chi connectivity index (χ4v) is 2.23. The number of methoxy groups -OCH3 is 1. The van der Waals surface area contributed by atoms with Crippen molar-refractivity contribution in [1.29, 1.82) is 0 Å². The summed E-state index contributed by atoms with van der Waals surface area (Å²) >= 11 is 0. The van der Waals surface area contributed by atoms with Crippen LogP contribution in [-0.4, -0.2) is 36.4 Å². The van der Waals surface area contributed by atoms with Crippen LogP contribution in [0.5, 0.6) is 5.75 Å². The van der Waals surface area contributed by atoms with Gasteiger partial charge in [0, 0.05) is 6.54 Å². The minimum absolute atomic E-state index is 0.0396. The first-order valence-corrected chi connectivity index (χ1v) is 6.35. The average molecular weight is 262 g/mol. The van der Waals surface area contributed by atoms with Crippen LogP contribution in [0.3, 0.4) is 0 Å². The summed E-state index contributed by atoms with van der Waals surface area (Å²) in [5, 5.41) is 2.62. The van der Waals surface area contributed by atoms with Crippen LogP contribution in [0.15, 0.2) is 24.3 Å². The van der Waals surface area contributed by atoms with Crippen LogP contribution in [0.4, 0.5) is 0 Å². The zero-order valence-corrected chi connectivity index (χ0v) is 11.2. The molecule has 0 bridgehead atoms. The molecule has 19 heavy (non-hydrogen) atoms. The minimum Gasteiger partial charge on any atom is -0.497 e. The summed E-state index contributed by atoms with van der Waals surface area (Å²) in [7, 11) is 1.61. The fourth-order valence-electron chi connectivity index (χ4n) is 2.23. The Hall–Kier alpha value is -2.04. The van der Waals surface area contributed by atoms with E-state index in [4.69, 9.17) is 4.74 Å². The molecule has 0 radical (unpaired) electrons. The first-order valence-electron chi connectivity index (χ1n) is 6.35. The number of rotatable bonds is 4. The van der Waals surface area contributed by atoms with Gasteiger partial charge in [-0.25, -0.2) is 0 Å². The molecule has 102 valence electrons. The highest BCUT2D eigenvalue weighted by Gasteiger charge is 2.32. The topological polar surface area (TPSA) is 58.6 Å². The average Bonchev–Trinajstić information content (AvgIpc) is 2.44. The molecule has 1 aliphatic rings. The van der Waals surface area contributed by atoms with Crippen molar-refractivity contribution in [3.8, 4) is 5.75 Å². The molecule has 1 unspecified atom stereocenters. The van der Waals surface area contributed by atoms with E-state index >= 15 is 0 Å². The molecule has 1 heterocycles. The second kappa shape index (κ2) is 5.73. The van der Waals surface area contributed by atoms with E-state index in [1.807, 2.05) is 31.2 Å². The Bertz CT molecular complexity index is 470. The number of hydrogen-bond donors (Lipinski definition) is 1. The highest BCUT2D eigenvalue weighted by atomic mass is 16.5. The number of amides is 2. The van der Waals surface area contributed by atoms with Crippen LogP contribution >= 0.6 is 0 Å². The molecule has 1 aromatic carbocycles. The van der Waals surface area contributed by atoms with Gasteiger partial charge in [-0.2, -0.15) is 0 Å². The van der Waals surface area contributed by atoms with E-state index in [-0.39, 0.29) is 24.4 Å². The SMILES string of the molecule is CCC1C(=O)NCC(=O)N1Cc1ccc(OC)cc1. The predicted octanol–water partition coefficient (Wildman–Crippen LogP) is 0.932. The molecule has 1 fully saturated rings. The Morgan fingerprint density at radius 3 is 2.58 bits per heavy atom.